The van der Waals surface area contributed by atoms with E-state index < -0.39 is 0 Å². The maximum Gasteiger partial charge on any atom is 0.255 e. The Balaban J connectivity index is 2.20. The van der Waals surface area contributed by atoms with E-state index in [0.29, 0.717) is 35.6 Å². The average Bonchev–Trinajstić information content (AvgIpc) is 2.81. The Kier molecular flexibility index (Phi) is 5.50. The van der Waals surface area contributed by atoms with Crippen molar-refractivity contribution in [3.8, 4) is 5.69 Å². The number of aliphatic hydroxyl groups excluding tert-OH is 1. The Labute approximate surface area is 135 Å². The van der Waals surface area contributed by atoms with Gasteiger partial charge in [-0.1, -0.05) is 6.92 Å². The highest BCUT2D eigenvalue weighted by Gasteiger charge is 2.19. The topological polar surface area (TPSA) is 67.2 Å². The predicted octanol–water partition coefficient (Wildman–Crippen LogP) is 2.38. The van der Waals surface area contributed by atoms with Crippen LogP contribution >= 0.6 is 0 Å². The van der Waals surface area contributed by atoms with Crippen LogP contribution in [0.3, 0.4) is 0 Å². The number of halogens is 1. The molecule has 1 atom stereocenters. The second-order valence-electron chi connectivity index (χ2n) is 5.76. The van der Waals surface area contributed by atoms with Crippen LogP contribution in [0.1, 0.15) is 35.1 Å². The Morgan fingerprint density at radius 3 is 2.61 bits per heavy atom. The summed E-state index contributed by atoms with van der Waals surface area (Å²) in [5.41, 5.74) is 2.57. The van der Waals surface area contributed by atoms with E-state index in [1.807, 2.05) is 13.8 Å². The van der Waals surface area contributed by atoms with Crippen molar-refractivity contribution < 1.29 is 14.3 Å². The van der Waals surface area contributed by atoms with Gasteiger partial charge in [0.05, 0.1) is 22.6 Å². The molecule has 5 nitrogen and oxygen atoms in total. The zero-order valence-electron chi connectivity index (χ0n) is 13.6. The largest absolute Gasteiger partial charge is 0.396 e. The van der Waals surface area contributed by atoms with Crippen LogP contribution in [0.5, 0.6) is 0 Å². The molecule has 0 aliphatic carbocycles. The van der Waals surface area contributed by atoms with Gasteiger partial charge in [-0.3, -0.25) is 4.79 Å². The molecule has 2 N–H and O–H groups in total. The van der Waals surface area contributed by atoms with Crippen LogP contribution in [-0.2, 0) is 0 Å². The Bertz CT molecular complexity index is 680. The number of benzene rings is 1. The number of hydrogen-bond donors (Lipinski definition) is 2. The zero-order valence-corrected chi connectivity index (χ0v) is 13.6. The van der Waals surface area contributed by atoms with Crippen LogP contribution in [-0.4, -0.2) is 33.9 Å². The van der Waals surface area contributed by atoms with Crippen LogP contribution in [0.15, 0.2) is 24.3 Å². The fraction of sp³-hybridized carbons (Fsp3) is 0.412. The summed E-state index contributed by atoms with van der Waals surface area (Å²) in [4.78, 5) is 12.4. The van der Waals surface area contributed by atoms with Crippen LogP contribution in [0.25, 0.3) is 5.69 Å². The molecule has 0 saturated heterocycles. The van der Waals surface area contributed by atoms with E-state index in [9.17, 15) is 9.18 Å². The molecule has 2 rings (SSSR count). The van der Waals surface area contributed by atoms with Crippen molar-refractivity contribution in [2.45, 2.75) is 27.2 Å². The molecule has 6 heteroatoms. The number of aromatic nitrogens is 2. The first-order chi connectivity index (χ1) is 10.9. The van der Waals surface area contributed by atoms with E-state index in [2.05, 4.69) is 10.4 Å². The third kappa shape index (κ3) is 3.96. The highest BCUT2D eigenvalue weighted by molar-refractivity contribution is 5.96. The fourth-order valence-corrected chi connectivity index (χ4v) is 2.48. The number of aliphatic hydroxyl groups is 1. The monoisotopic (exact) mass is 319 g/mol. The van der Waals surface area contributed by atoms with E-state index in [1.165, 1.54) is 12.1 Å². The summed E-state index contributed by atoms with van der Waals surface area (Å²) >= 11 is 0. The van der Waals surface area contributed by atoms with Gasteiger partial charge < -0.3 is 10.4 Å². The lowest BCUT2D eigenvalue weighted by Crippen LogP contribution is -2.29. The third-order valence-corrected chi connectivity index (χ3v) is 3.82. The fourth-order valence-electron chi connectivity index (χ4n) is 2.48. The molecule has 1 unspecified atom stereocenters. The lowest BCUT2D eigenvalue weighted by atomic mass is 10.1. The van der Waals surface area contributed by atoms with Gasteiger partial charge in [-0.05, 0) is 50.5 Å². The number of carbonyl (C=O) groups excluding carboxylic acids is 1. The molecule has 1 aromatic carbocycles. The van der Waals surface area contributed by atoms with Gasteiger partial charge in [-0.2, -0.15) is 5.10 Å². The van der Waals surface area contributed by atoms with Gasteiger partial charge in [0, 0.05) is 13.2 Å². The smallest absolute Gasteiger partial charge is 0.255 e. The summed E-state index contributed by atoms with van der Waals surface area (Å²) in [5.74, 6) is -0.291. The Hall–Kier alpha value is -2.21. The van der Waals surface area contributed by atoms with Gasteiger partial charge in [0.1, 0.15) is 5.82 Å². The lowest BCUT2D eigenvalue weighted by Gasteiger charge is -2.11. The number of rotatable bonds is 6. The minimum Gasteiger partial charge on any atom is -0.396 e. The molecule has 124 valence electrons. The molecule has 0 bridgehead atoms. The Morgan fingerprint density at radius 2 is 2.00 bits per heavy atom. The first kappa shape index (κ1) is 17.1. The number of aryl methyl sites for hydroxylation is 1. The van der Waals surface area contributed by atoms with Crippen molar-refractivity contribution in [3.63, 3.8) is 0 Å². The van der Waals surface area contributed by atoms with Crippen molar-refractivity contribution in [1.82, 2.24) is 15.1 Å². The highest BCUT2D eigenvalue weighted by Crippen LogP contribution is 2.18. The summed E-state index contributed by atoms with van der Waals surface area (Å²) in [6.45, 7) is 6.17. The predicted molar refractivity (Wildman–Crippen MR) is 86.2 cm³/mol. The normalized spacial score (nSPS) is 12.2. The molecule has 23 heavy (non-hydrogen) atoms. The van der Waals surface area contributed by atoms with Crippen LogP contribution in [0.4, 0.5) is 4.39 Å². The lowest BCUT2D eigenvalue weighted by molar-refractivity contribution is 0.0944. The van der Waals surface area contributed by atoms with E-state index in [4.69, 9.17) is 5.11 Å². The van der Waals surface area contributed by atoms with E-state index in [1.54, 1.807) is 23.7 Å². The first-order valence-corrected chi connectivity index (χ1v) is 7.65. The van der Waals surface area contributed by atoms with E-state index >= 15 is 0 Å². The third-order valence-electron chi connectivity index (χ3n) is 3.82. The number of nitrogens with one attached hydrogen (secondary N) is 1. The van der Waals surface area contributed by atoms with Gasteiger partial charge >= 0.3 is 0 Å². The average molecular weight is 319 g/mol. The summed E-state index contributed by atoms with van der Waals surface area (Å²) in [6, 6.07) is 5.98. The number of amides is 1. The molecule has 0 saturated carbocycles. The zero-order chi connectivity index (χ0) is 17.0. The summed E-state index contributed by atoms with van der Waals surface area (Å²) in [7, 11) is 0. The van der Waals surface area contributed by atoms with Gasteiger partial charge in [0.15, 0.2) is 0 Å². The number of carbonyl (C=O) groups is 1. The second kappa shape index (κ2) is 7.37. The molecular formula is C17H22FN3O2. The minimum absolute atomic E-state index is 0.109. The van der Waals surface area contributed by atoms with Crippen molar-refractivity contribution in [2.24, 2.45) is 5.92 Å². The molecule has 0 radical (unpaired) electrons. The van der Waals surface area contributed by atoms with Gasteiger partial charge in [0.25, 0.3) is 5.91 Å². The molecule has 0 aliphatic heterocycles. The molecule has 2 aromatic rings. The maximum absolute atomic E-state index is 13.0. The SMILES string of the molecule is Cc1nn(-c2ccc(F)cc2)c(C)c1C(=O)NCC(C)CCO. The van der Waals surface area contributed by atoms with Gasteiger partial charge in [0.2, 0.25) is 0 Å². The van der Waals surface area contributed by atoms with Crippen molar-refractivity contribution in [1.29, 1.82) is 0 Å². The molecular weight excluding hydrogens is 297 g/mol. The van der Waals surface area contributed by atoms with Gasteiger partial charge in [-0.15, -0.1) is 0 Å². The quantitative estimate of drug-likeness (QED) is 0.859. The van der Waals surface area contributed by atoms with Crippen molar-refractivity contribution in [2.75, 3.05) is 13.2 Å². The maximum atomic E-state index is 13.0. The van der Waals surface area contributed by atoms with Crippen molar-refractivity contribution >= 4 is 5.91 Å². The Morgan fingerprint density at radius 1 is 1.35 bits per heavy atom. The molecule has 0 fully saturated rings. The van der Waals surface area contributed by atoms with Crippen LogP contribution < -0.4 is 5.32 Å². The van der Waals surface area contributed by atoms with Crippen LogP contribution in [0.2, 0.25) is 0 Å². The molecule has 0 aliphatic rings. The highest BCUT2D eigenvalue weighted by atomic mass is 19.1. The molecule has 0 spiro atoms. The van der Waals surface area contributed by atoms with Gasteiger partial charge in [-0.25, -0.2) is 9.07 Å². The van der Waals surface area contributed by atoms with Crippen molar-refractivity contribution in [3.05, 3.63) is 47.0 Å². The van der Waals surface area contributed by atoms with E-state index in [-0.39, 0.29) is 24.2 Å². The molecule has 1 amide bonds. The second-order valence-corrected chi connectivity index (χ2v) is 5.76. The van der Waals surface area contributed by atoms with E-state index in [0.717, 1.165) is 0 Å². The number of hydrogen-bond acceptors (Lipinski definition) is 3. The summed E-state index contributed by atoms with van der Waals surface area (Å²) < 4.78 is 14.7. The summed E-state index contributed by atoms with van der Waals surface area (Å²) in [6.07, 6.45) is 0.646. The van der Waals surface area contributed by atoms with Crippen LogP contribution in [0, 0.1) is 25.6 Å². The number of nitrogens with zero attached hydrogens (tertiary/aromatic N) is 2. The minimum atomic E-state index is -0.314. The first-order valence-electron chi connectivity index (χ1n) is 7.65. The molecule has 1 aromatic heterocycles. The standard InChI is InChI=1S/C17H22FN3O2/c1-11(8-9-22)10-19-17(23)16-12(2)20-21(13(16)3)15-6-4-14(18)5-7-15/h4-7,11,22H,8-10H2,1-3H3,(H,19,23). The molecule has 1 heterocycles. The summed E-state index contributed by atoms with van der Waals surface area (Å²) in [5, 5.41) is 16.2.